The lowest BCUT2D eigenvalue weighted by atomic mass is 10.1. The average molecular weight is 150 g/mol. The fourth-order valence-electron chi connectivity index (χ4n) is 0.948. The number of aryl methyl sites for hydroxylation is 1. The molecule has 0 spiro atoms. The first-order valence-electron chi connectivity index (χ1n) is 3.98. The van der Waals surface area contributed by atoms with Crippen molar-refractivity contribution in [1.82, 2.24) is 0 Å². The maximum Gasteiger partial charge on any atom is 0.169 e. The summed E-state index contributed by atoms with van der Waals surface area (Å²) in [5.74, 6) is 0. The Morgan fingerprint density at radius 3 is 1.91 bits per heavy atom. The van der Waals surface area contributed by atoms with Gasteiger partial charge < -0.3 is 0 Å². The lowest BCUT2D eigenvalue weighted by Gasteiger charge is -2.12. The molecule has 0 amide bonds. The Morgan fingerprint density at radius 1 is 1.09 bits per heavy atom. The highest BCUT2D eigenvalue weighted by atomic mass is 15.0. The third kappa shape index (κ3) is 2.04. The van der Waals surface area contributed by atoms with Gasteiger partial charge in [0.2, 0.25) is 0 Å². The molecule has 0 aliphatic carbocycles. The molecule has 0 aliphatic rings. The molecule has 11 heavy (non-hydrogen) atoms. The topological polar surface area (TPSA) is 3.88 Å². The van der Waals surface area contributed by atoms with Gasteiger partial charge >= 0.3 is 0 Å². The van der Waals surface area contributed by atoms with Crippen molar-refractivity contribution in [1.29, 1.82) is 0 Å². The van der Waals surface area contributed by atoms with Crippen LogP contribution in [0.4, 0.5) is 0 Å². The summed E-state index contributed by atoms with van der Waals surface area (Å²) in [6, 6.07) is 4.26. The van der Waals surface area contributed by atoms with Crippen molar-refractivity contribution in [3.8, 4) is 0 Å². The van der Waals surface area contributed by atoms with Gasteiger partial charge in [-0.05, 0) is 12.5 Å². The van der Waals surface area contributed by atoms with Gasteiger partial charge in [0.1, 0.15) is 0 Å². The Balaban J connectivity index is 2.99. The summed E-state index contributed by atoms with van der Waals surface area (Å²) in [5, 5.41) is 0. The van der Waals surface area contributed by atoms with E-state index in [1.165, 1.54) is 5.56 Å². The molecule has 0 saturated heterocycles. The quantitative estimate of drug-likeness (QED) is 0.498. The zero-order valence-electron chi connectivity index (χ0n) is 7.76. The number of nitrogens with zero attached hydrogens (tertiary/aromatic N) is 1. The SMILES string of the molecule is Cc1cc[n+](C(C)(C)C)cc1. The van der Waals surface area contributed by atoms with Crippen molar-refractivity contribution in [2.45, 2.75) is 33.2 Å². The molecule has 1 heterocycles. The summed E-state index contributed by atoms with van der Waals surface area (Å²) in [6.07, 6.45) is 4.24. The Hall–Kier alpha value is -0.850. The second kappa shape index (κ2) is 2.65. The van der Waals surface area contributed by atoms with E-state index < -0.39 is 0 Å². The minimum absolute atomic E-state index is 0.202. The van der Waals surface area contributed by atoms with Crippen molar-refractivity contribution in [3.05, 3.63) is 30.1 Å². The van der Waals surface area contributed by atoms with Gasteiger partial charge in [0.05, 0.1) is 0 Å². The maximum atomic E-state index is 2.21. The lowest BCUT2D eigenvalue weighted by Crippen LogP contribution is -2.49. The summed E-state index contributed by atoms with van der Waals surface area (Å²) in [4.78, 5) is 0. The molecule has 0 atom stereocenters. The van der Waals surface area contributed by atoms with Crippen LogP contribution in [0.1, 0.15) is 26.3 Å². The average Bonchev–Trinajstić information content (AvgIpc) is 1.86. The number of pyridine rings is 1. The van der Waals surface area contributed by atoms with Gasteiger partial charge in [0.15, 0.2) is 17.9 Å². The van der Waals surface area contributed by atoms with Gasteiger partial charge in [0, 0.05) is 32.9 Å². The number of hydrogen-bond acceptors (Lipinski definition) is 0. The molecule has 1 aromatic heterocycles. The fourth-order valence-corrected chi connectivity index (χ4v) is 0.948. The minimum Gasteiger partial charge on any atom is -0.201 e. The van der Waals surface area contributed by atoms with Gasteiger partial charge in [0.25, 0.3) is 0 Å². The molecule has 0 radical (unpaired) electrons. The molecule has 0 aliphatic heterocycles. The smallest absolute Gasteiger partial charge is 0.169 e. The number of rotatable bonds is 0. The summed E-state index contributed by atoms with van der Waals surface area (Å²) in [7, 11) is 0. The highest BCUT2D eigenvalue weighted by Gasteiger charge is 2.19. The van der Waals surface area contributed by atoms with Crippen LogP contribution in [0.25, 0.3) is 0 Å². The van der Waals surface area contributed by atoms with Crippen LogP contribution in [-0.4, -0.2) is 0 Å². The van der Waals surface area contributed by atoms with Crippen LogP contribution < -0.4 is 4.57 Å². The zero-order valence-corrected chi connectivity index (χ0v) is 7.76. The zero-order chi connectivity index (χ0) is 8.48. The molecule has 0 fully saturated rings. The summed E-state index contributed by atoms with van der Waals surface area (Å²) >= 11 is 0. The Labute approximate surface area is 68.7 Å². The van der Waals surface area contributed by atoms with Gasteiger partial charge in [-0.1, -0.05) is 0 Å². The van der Waals surface area contributed by atoms with E-state index in [4.69, 9.17) is 0 Å². The Kier molecular flexibility index (Phi) is 1.99. The van der Waals surface area contributed by atoms with Crippen molar-refractivity contribution >= 4 is 0 Å². The van der Waals surface area contributed by atoms with E-state index in [0.29, 0.717) is 0 Å². The highest BCUT2D eigenvalue weighted by Crippen LogP contribution is 2.03. The molecule has 0 aromatic carbocycles. The highest BCUT2D eigenvalue weighted by molar-refractivity contribution is 5.03. The van der Waals surface area contributed by atoms with E-state index in [-0.39, 0.29) is 5.54 Å². The second-order valence-corrected chi connectivity index (χ2v) is 3.95. The molecule has 1 aromatic rings. The predicted octanol–water partition coefficient (Wildman–Crippen LogP) is 2.04. The van der Waals surface area contributed by atoms with Gasteiger partial charge in [-0.3, -0.25) is 0 Å². The van der Waals surface area contributed by atoms with Crippen LogP contribution in [0, 0.1) is 6.92 Å². The normalized spacial score (nSPS) is 11.6. The Morgan fingerprint density at radius 2 is 1.55 bits per heavy atom. The Bertz CT molecular complexity index is 228. The lowest BCUT2D eigenvalue weighted by molar-refractivity contribution is -0.754. The molecule has 1 rings (SSSR count). The van der Waals surface area contributed by atoms with Crippen LogP contribution in [0.3, 0.4) is 0 Å². The van der Waals surface area contributed by atoms with Crippen molar-refractivity contribution in [2.75, 3.05) is 0 Å². The van der Waals surface area contributed by atoms with Crippen LogP contribution in [0.2, 0.25) is 0 Å². The fraction of sp³-hybridized carbons (Fsp3) is 0.500. The summed E-state index contributed by atoms with van der Waals surface area (Å²) in [5.41, 5.74) is 1.51. The van der Waals surface area contributed by atoms with E-state index in [1.807, 2.05) is 0 Å². The standard InChI is InChI=1S/C10H16N/c1-9-5-7-11(8-6-9)10(2,3)4/h5-8H,1-4H3/q+1. The number of aromatic nitrogens is 1. The van der Waals surface area contributed by atoms with Gasteiger partial charge in [-0.2, -0.15) is 0 Å². The van der Waals surface area contributed by atoms with Crippen molar-refractivity contribution in [2.24, 2.45) is 0 Å². The van der Waals surface area contributed by atoms with Crippen LogP contribution in [0.5, 0.6) is 0 Å². The van der Waals surface area contributed by atoms with Crippen molar-refractivity contribution < 1.29 is 4.57 Å². The van der Waals surface area contributed by atoms with E-state index in [0.717, 1.165) is 0 Å². The van der Waals surface area contributed by atoms with Crippen molar-refractivity contribution in [3.63, 3.8) is 0 Å². The molecule has 1 heteroatoms. The molecule has 0 unspecified atom stereocenters. The largest absolute Gasteiger partial charge is 0.201 e. The van der Waals surface area contributed by atoms with E-state index in [2.05, 4.69) is 56.8 Å². The van der Waals surface area contributed by atoms with Crippen LogP contribution in [-0.2, 0) is 5.54 Å². The minimum atomic E-state index is 0.202. The third-order valence-corrected chi connectivity index (χ3v) is 1.77. The molecular weight excluding hydrogens is 134 g/mol. The second-order valence-electron chi connectivity index (χ2n) is 3.95. The van der Waals surface area contributed by atoms with Crippen LogP contribution >= 0.6 is 0 Å². The first kappa shape index (κ1) is 8.25. The van der Waals surface area contributed by atoms with Gasteiger partial charge in [-0.15, -0.1) is 0 Å². The maximum absolute atomic E-state index is 2.21. The first-order chi connectivity index (χ1) is 5.00. The third-order valence-electron chi connectivity index (χ3n) is 1.77. The molecular formula is C10H16N+. The molecule has 0 saturated carbocycles. The molecule has 60 valence electrons. The summed E-state index contributed by atoms with van der Waals surface area (Å²) < 4.78 is 2.21. The van der Waals surface area contributed by atoms with E-state index >= 15 is 0 Å². The molecule has 0 N–H and O–H groups in total. The predicted molar refractivity (Wildman–Crippen MR) is 46.4 cm³/mol. The first-order valence-corrected chi connectivity index (χ1v) is 3.98. The number of hydrogen-bond donors (Lipinski definition) is 0. The summed E-state index contributed by atoms with van der Waals surface area (Å²) in [6.45, 7) is 8.69. The van der Waals surface area contributed by atoms with Gasteiger partial charge in [-0.25, -0.2) is 4.57 Å². The van der Waals surface area contributed by atoms with E-state index in [1.54, 1.807) is 0 Å². The molecule has 1 nitrogen and oxygen atoms in total. The van der Waals surface area contributed by atoms with E-state index in [9.17, 15) is 0 Å². The van der Waals surface area contributed by atoms with Crippen LogP contribution in [0.15, 0.2) is 24.5 Å². The molecule has 0 bridgehead atoms. The monoisotopic (exact) mass is 150 g/mol.